The molecule has 178 valence electrons. The smallest absolute Gasteiger partial charge is 0.228 e. The van der Waals surface area contributed by atoms with Crippen LogP contribution in [-0.4, -0.2) is 47.7 Å². The van der Waals surface area contributed by atoms with E-state index < -0.39 is 6.23 Å². The van der Waals surface area contributed by atoms with Crippen molar-refractivity contribution in [2.75, 3.05) is 13.7 Å². The van der Waals surface area contributed by atoms with Crippen LogP contribution in [0.15, 0.2) is 24.5 Å². The highest BCUT2D eigenvalue weighted by molar-refractivity contribution is 5.80. The average molecular weight is 437 g/mol. The Bertz CT molecular complexity index is 576. The second-order valence-corrected chi connectivity index (χ2v) is 8.58. The van der Waals surface area contributed by atoms with E-state index in [1.807, 2.05) is 13.0 Å². The van der Waals surface area contributed by atoms with E-state index in [9.17, 15) is 14.7 Å². The van der Waals surface area contributed by atoms with Crippen LogP contribution in [0.3, 0.4) is 0 Å². The van der Waals surface area contributed by atoms with Crippen LogP contribution in [0.2, 0.25) is 0 Å². The topological polar surface area (TPSA) is 78.9 Å². The summed E-state index contributed by atoms with van der Waals surface area (Å²) in [7, 11) is 1.58. The van der Waals surface area contributed by atoms with E-state index in [0.717, 1.165) is 64.2 Å². The number of hydrogen-bond donors (Lipinski definition) is 2. The van der Waals surface area contributed by atoms with Crippen LogP contribution in [0.4, 0.5) is 0 Å². The first-order valence-corrected chi connectivity index (χ1v) is 12.1. The number of unbranched alkanes of at least 4 members (excludes halogenated alkanes) is 6. The summed E-state index contributed by atoms with van der Waals surface area (Å²) >= 11 is 0. The molecule has 0 aromatic rings. The van der Waals surface area contributed by atoms with Crippen LogP contribution in [0.1, 0.15) is 90.9 Å². The molecule has 0 fully saturated rings. The van der Waals surface area contributed by atoms with Crippen LogP contribution in [0.25, 0.3) is 0 Å². The predicted molar refractivity (Wildman–Crippen MR) is 125 cm³/mol. The van der Waals surface area contributed by atoms with Gasteiger partial charge in [0.05, 0.1) is 13.2 Å². The van der Waals surface area contributed by atoms with Crippen molar-refractivity contribution in [3.8, 4) is 0 Å². The van der Waals surface area contributed by atoms with Gasteiger partial charge in [0.2, 0.25) is 11.8 Å². The van der Waals surface area contributed by atoms with Crippen molar-refractivity contribution in [1.82, 2.24) is 10.2 Å². The number of allylic oxidation sites excluding steroid dienone is 1. The minimum absolute atomic E-state index is 0.0124. The van der Waals surface area contributed by atoms with Gasteiger partial charge in [-0.3, -0.25) is 9.59 Å². The van der Waals surface area contributed by atoms with Crippen LogP contribution in [0, 0.1) is 5.92 Å². The van der Waals surface area contributed by atoms with Crippen molar-refractivity contribution in [2.24, 2.45) is 5.92 Å². The van der Waals surface area contributed by atoms with Crippen LogP contribution in [0.5, 0.6) is 0 Å². The maximum absolute atomic E-state index is 13.0. The highest BCUT2D eigenvalue weighted by atomic mass is 16.5. The van der Waals surface area contributed by atoms with Crippen LogP contribution >= 0.6 is 0 Å². The van der Waals surface area contributed by atoms with Gasteiger partial charge < -0.3 is 20.1 Å². The average Bonchev–Trinajstić information content (AvgIpc) is 3.08. The summed E-state index contributed by atoms with van der Waals surface area (Å²) in [6.45, 7) is 8.43. The third kappa shape index (κ3) is 9.90. The van der Waals surface area contributed by atoms with E-state index >= 15 is 0 Å². The lowest BCUT2D eigenvalue weighted by Gasteiger charge is -2.31. The monoisotopic (exact) mass is 436 g/mol. The molecule has 6 nitrogen and oxygen atoms in total. The summed E-state index contributed by atoms with van der Waals surface area (Å²) in [5, 5.41) is 13.4. The highest BCUT2D eigenvalue weighted by Gasteiger charge is 2.39. The molecule has 2 N–H and O–H groups in total. The van der Waals surface area contributed by atoms with Crippen LogP contribution in [-0.2, 0) is 14.3 Å². The van der Waals surface area contributed by atoms with E-state index in [0.29, 0.717) is 25.1 Å². The van der Waals surface area contributed by atoms with Gasteiger partial charge in [0, 0.05) is 25.0 Å². The Morgan fingerprint density at radius 3 is 2.68 bits per heavy atom. The SMILES string of the molecule is C=CCCCCCC(=O)NCCCC[C@H]1C(OC)=CC(O)N1C(=O)[C@H](C)CCCCC. The molecule has 6 heteroatoms. The first kappa shape index (κ1) is 27.2. The Morgan fingerprint density at radius 1 is 1.23 bits per heavy atom. The molecule has 0 aromatic heterocycles. The van der Waals surface area contributed by atoms with Gasteiger partial charge in [0.1, 0.15) is 5.76 Å². The number of carbonyl (C=O) groups is 2. The maximum atomic E-state index is 13.0. The molecule has 2 amide bonds. The summed E-state index contributed by atoms with van der Waals surface area (Å²) in [6.07, 6.45) is 13.7. The Labute approximate surface area is 189 Å². The first-order chi connectivity index (χ1) is 15.0. The number of aliphatic hydroxyl groups is 1. The molecule has 1 rings (SSSR count). The van der Waals surface area contributed by atoms with Crippen LogP contribution < -0.4 is 5.32 Å². The number of rotatable bonds is 17. The molecule has 0 aliphatic carbocycles. The minimum atomic E-state index is -0.929. The fraction of sp³-hybridized carbons (Fsp3) is 0.760. The fourth-order valence-corrected chi connectivity index (χ4v) is 4.04. The fourth-order valence-electron chi connectivity index (χ4n) is 4.04. The molecule has 31 heavy (non-hydrogen) atoms. The van der Waals surface area contributed by atoms with E-state index in [1.165, 1.54) is 0 Å². The summed E-state index contributed by atoms with van der Waals surface area (Å²) in [4.78, 5) is 26.5. The molecule has 3 atom stereocenters. The Balaban J connectivity index is 2.40. The Hall–Kier alpha value is -1.82. The second-order valence-electron chi connectivity index (χ2n) is 8.58. The van der Waals surface area contributed by atoms with Crippen molar-refractivity contribution in [3.05, 3.63) is 24.5 Å². The molecule has 0 aromatic carbocycles. The predicted octanol–water partition coefficient (Wildman–Crippen LogP) is 4.69. The van der Waals surface area contributed by atoms with E-state index in [-0.39, 0.29) is 23.8 Å². The molecular weight excluding hydrogens is 392 g/mol. The Kier molecular flexibility index (Phi) is 14.0. The van der Waals surface area contributed by atoms with Gasteiger partial charge in [0.25, 0.3) is 0 Å². The van der Waals surface area contributed by atoms with E-state index in [4.69, 9.17) is 4.74 Å². The lowest BCUT2D eigenvalue weighted by atomic mass is 10.00. The highest BCUT2D eigenvalue weighted by Crippen LogP contribution is 2.29. The van der Waals surface area contributed by atoms with E-state index in [2.05, 4.69) is 18.8 Å². The van der Waals surface area contributed by atoms with Crippen molar-refractivity contribution in [1.29, 1.82) is 0 Å². The standard InChI is InChI=1S/C25H44N2O4/c1-5-7-9-10-12-17-23(28)26-18-14-13-16-21-22(31-4)19-24(29)27(21)25(30)20(3)15-11-8-6-2/h5,19-21,24,29H,1,6-18H2,2-4H3,(H,26,28)/t20-,21+,24?/m1/s1. The number of nitrogens with one attached hydrogen (secondary N) is 1. The van der Waals surface area contributed by atoms with E-state index in [1.54, 1.807) is 18.1 Å². The number of nitrogens with zero attached hydrogens (tertiary/aromatic N) is 1. The van der Waals surface area contributed by atoms with Gasteiger partial charge >= 0.3 is 0 Å². The molecular formula is C25H44N2O4. The zero-order chi connectivity index (χ0) is 23.1. The molecule has 0 saturated carbocycles. The van der Waals surface area contributed by atoms with Crippen molar-refractivity contribution in [2.45, 2.75) is 103 Å². The number of aliphatic hydroxyl groups excluding tert-OH is 1. The van der Waals surface area contributed by atoms with Gasteiger partial charge in [-0.15, -0.1) is 6.58 Å². The van der Waals surface area contributed by atoms with Gasteiger partial charge in [-0.2, -0.15) is 0 Å². The number of methoxy groups -OCH3 is 1. The lowest BCUT2D eigenvalue weighted by Crippen LogP contribution is -2.45. The third-order valence-corrected chi connectivity index (χ3v) is 5.95. The number of hydrogen-bond acceptors (Lipinski definition) is 4. The molecule has 0 radical (unpaired) electrons. The van der Waals surface area contributed by atoms with Gasteiger partial charge in [0.15, 0.2) is 6.23 Å². The third-order valence-electron chi connectivity index (χ3n) is 5.95. The largest absolute Gasteiger partial charge is 0.499 e. The summed E-state index contributed by atoms with van der Waals surface area (Å²) < 4.78 is 5.45. The van der Waals surface area contributed by atoms with Crippen molar-refractivity contribution < 1.29 is 19.4 Å². The molecule has 1 aliphatic heterocycles. The molecule has 1 heterocycles. The van der Waals surface area contributed by atoms with Gasteiger partial charge in [-0.25, -0.2) is 0 Å². The number of carbonyl (C=O) groups excluding carboxylic acids is 2. The minimum Gasteiger partial charge on any atom is -0.499 e. The molecule has 1 unspecified atom stereocenters. The van der Waals surface area contributed by atoms with Crippen molar-refractivity contribution in [3.63, 3.8) is 0 Å². The maximum Gasteiger partial charge on any atom is 0.228 e. The van der Waals surface area contributed by atoms with Gasteiger partial charge in [-0.1, -0.05) is 45.6 Å². The summed E-state index contributed by atoms with van der Waals surface area (Å²) in [6, 6.07) is -0.235. The molecule has 1 aliphatic rings. The summed E-state index contributed by atoms with van der Waals surface area (Å²) in [5.74, 6) is 0.635. The molecule has 0 saturated heterocycles. The van der Waals surface area contributed by atoms with Crippen molar-refractivity contribution >= 4 is 11.8 Å². The lowest BCUT2D eigenvalue weighted by molar-refractivity contribution is -0.144. The normalized spacial score (nSPS) is 19.1. The molecule has 0 bridgehead atoms. The first-order valence-electron chi connectivity index (χ1n) is 12.1. The second kappa shape index (κ2) is 15.9. The number of ether oxygens (including phenoxy) is 1. The quantitative estimate of drug-likeness (QED) is 0.256. The zero-order valence-corrected chi connectivity index (χ0v) is 19.9. The number of amides is 2. The summed E-state index contributed by atoms with van der Waals surface area (Å²) in [5.41, 5.74) is 0. The Morgan fingerprint density at radius 2 is 2.00 bits per heavy atom. The van der Waals surface area contributed by atoms with Gasteiger partial charge in [-0.05, 0) is 44.9 Å². The molecule has 0 spiro atoms. The zero-order valence-electron chi connectivity index (χ0n) is 19.9.